The Labute approximate surface area is 160 Å². The third kappa shape index (κ3) is 3.37. The number of amides is 1. The van der Waals surface area contributed by atoms with Crippen molar-refractivity contribution in [1.29, 1.82) is 0 Å². The minimum Gasteiger partial charge on any atom is -0.480 e. The van der Waals surface area contributed by atoms with Gasteiger partial charge in [-0.1, -0.05) is 6.92 Å². The zero-order valence-electron chi connectivity index (χ0n) is 16.2. The highest BCUT2D eigenvalue weighted by Crippen LogP contribution is 2.43. The van der Waals surface area contributed by atoms with Crippen molar-refractivity contribution in [3.63, 3.8) is 0 Å². The predicted octanol–water partition coefficient (Wildman–Crippen LogP) is 2.08. The molecule has 2 aliphatic heterocycles. The number of aromatic amines is 1. The Kier molecular flexibility index (Phi) is 4.97. The van der Waals surface area contributed by atoms with Crippen molar-refractivity contribution >= 4 is 11.9 Å². The van der Waals surface area contributed by atoms with Crippen LogP contribution in [0.15, 0.2) is 0 Å². The summed E-state index contributed by atoms with van der Waals surface area (Å²) in [6.45, 7) is 5.17. The summed E-state index contributed by atoms with van der Waals surface area (Å²) < 4.78 is 0. The van der Waals surface area contributed by atoms with Gasteiger partial charge in [0.05, 0.1) is 0 Å². The van der Waals surface area contributed by atoms with Crippen molar-refractivity contribution in [3.8, 4) is 0 Å². The number of nitrogens with zero attached hydrogens (tertiary/aromatic N) is 3. The summed E-state index contributed by atoms with van der Waals surface area (Å²) in [7, 11) is 0. The van der Waals surface area contributed by atoms with Crippen LogP contribution in [0.1, 0.15) is 67.2 Å². The molecule has 2 saturated heterocycles. The lowest BCUT2D eigenvalue weighted by molar-refractivity contribution is -0.142. The van der Waals surface area contributed by atoms with Crippen molar-refractivity contribution in [2.24, 2.45) is 5.41 Å². The molecule has 27 heavy (non-hydrogen) atoms. The zero-order chi connectivity index (χ0) is 19.0. The number of likely N-dealkylation sites (tertiary alicyclic amines) is 2. The lowest BCUT2D eigenvalue weighted by atomic mass is 9.76. The van der Waals surface area contributed by atoms with Crippen LogP contribution in [0.25, 0.3) is 0 Å². The van der Waals surface area contributed by atoms with E-state index in [2.05, 4.69) is 22.0 Å². The van der Waals surface area contributed by atoms with Crippen molar-refractivity contribution in [1.82, 2.24) is 20.0 Å². The second-order valence-corrected chi connectivity index (χ2v) is 8.56. The van der Waals surface area contributed by atoms with Crippen LogP contribution < -0.4 is 0 Å². The third-order valence-electron chi connectivity index (χ3n) is 6.77. The number of carbonyl (C=O) groups is 2. The Hall–Kier alpha value is -1.89. The monoisotopic (exact) mass is 374 g/mol. The van der Waals surface area contributed by atoms with Gasteiger partial charge < -0.3 is 10.0 Å². The molecule has 0 radical (unpaired) electrons. The molecule has 1 spiro atoms. The number of carboxylic acid groups (broad SMARTS) is 1. The highest BCUT2D eigenvalue weighted by molar-refractivity contribution is 5.94. The quantitative estimate of drug-likeness (QED) is 0.842. The summed E-state index contributed by atoms with van der Waals surface area (Å²) in [6, 6.07) is -0.370. The van der Waals surface area contributed by atoms with Gasteiger partial charge in [0.25, 0.3) is 5.91 Å². The van der Waals surface area contributed by atoms with Gasteiger partial charge in [-0.25, -0.2) is 0 Å². The normalized spacial score (nSPS) is 24.9. The van der Waals surface area contributed by atoms with Crippen LogP contribution in [0.3, 0.4) is 0 Å². The number of aliphatic carboxylic acids is 1. The van der Waals surface area contributed by atoms with E-state index in [4.69, 9.17) is 0 Å². The fourth-order valence-electron chi connectivity index (χ4n) is 5.26. The van der Waals surface area contributed by atoms with Gasteiger partial charge in [0.15, 0.2) is 5.69 Å². The van der Waals surface area contributed by atoms with Crippen LogP contribution in [-0.4, -0.2) is 69.2 Å². The minimum absolute atomic E-state index is 0.0417. The fourth-order valence-corrected chi connectivity index (χ4v) is 5.26. The summed E-state index contributed by atoms with van der Waals surface area (Å²) in [6.07, 6.45) is 7.66. The average Bonchev–Trinajstić information content (AvgIpc) is 3.24. The average molecular weight is 374 g/mol. The molecule has 1 aliphatic carbocycles. The van der Waals surface area contributed by atoms with Gasteiger partial charge in [-0.2, -0.15) is 5.10 Å². The first kappa shape index (κ1) is 18.5. The Morgan fingerprint density at radius 3 is 2.70 bits per heavy atom. The maximum absolute atomic E-state index is 13.0. The number of carboxylic acids is 1. The van der Waals surface area contributed by atoms with E-state index in [0.29, 0.717) is 25.2 Å². The molecular weight excluding hydrogens is 344 g/mol. The number of aryl methyl sites for hydroxylation is 1. The van der Waals surface area contributed by atoms with Gasteiger partial charge in [-0.15, -0.1) is 0 Å². The molecule has 1 atom stereocenters. The predicted molar refractivity (Wildman–Crippen MR) is 101 cm³/mol. The molecule has 0 bridgehead atoms. The number of nitrogens with one attached hydrogen (secondary N) is 1. The van der Waals surface area contributed by atoms with Gasteiger partial charge in [0.2, 0.25) is 0 Å². The third-order valence-corrected chi connectivity index (χ3v) is 6.77. The van der Waals surface area contributed by atoms with Crippen molar-refractivity contribution in [2.45, 2.75) is 64.3 Å². The highest BCUT2D eigenvalue weighted by atomic mass is 16.4. The second-order valence-electron chi connectivity index (χ2n) is 8.56. The van der Waals surface area contributed by atoms with Gasteiger partial charge in [-0.3, -0.25) is 19.6 Å². The number of H-pyrrole nitrogens is 1. The number of hydrogen-bond acceptors (Lipinski definition) is 4. The van der Waals surface area contributed by atoms with E-state index < -0.39 is 5.97 Å². The number of rotatable bonds is 4. The first-order chi connectivity index (χ1) is 13.0. The first-order valence-electron chi connectivity index (χ1n) is 10.4. The topological polar surface area (TPSA) is 89.5 Å². The molecule has 1 aromatic heterocycles. The lowest BCUT2D eigenvalue weighted by Crippen LogP contribution is -2.44. The van der Waals surface area contributed by atoms with Crippen molar-refractivity contribution < 1.29 is 14.7 Å². The van der Waals surface area contributed by atoms with E-state index in [1.165, 1.54) is 0 Å². The van der Waals surface area contributed by atoms with Crippen molar-refractivity contribution in [3.05, 3.63) is 17.0 Å². The van der Waals surface area contributed by atoms with E-state index in [9.17, 15) is 14.7 Å². The molecule has 1 amide bonds. The number of carbonyl (C=O) groups excluding carboxylic acids is 1. The summed E-state index contributed by atoms with van der Waals surface area (Å²) in [5, 5.41) is 17.0. The molecule has 7 heteroatoms. The molecule has 0 aromatic carbocycles. The second kappa shape index (κ2) is 7.26. The zero-order valence-corrected chi connectivity index (χ0v) is 16.2. The Morgan fingerprint density at radius 1 is 1.26 bits per heavy atom. The molecule has 4 rings (SSSR count). The van der Waals surface area contributed by atoms with Gasteiger partial charge in [0, 0.05) is 30.9 Å². The molecule has 2 fully saturated rings. The Bertz CT molecular complexity index is 721. The summed E-state index contributed by atoms with van der Waals surface area (Å²) >= 11 is 0. The number of piperidine rings is 1. The van der Waals surface area contributed by atoms with E-state index in [0.717, 1.165) is 69.3 Å². The summed E-state index contributed by atoms with van der Waals surface area (Å²) in [5.41, 5.74) is 2.91. The van der Waals surface area contributed by atoms with Crippen molar-refractivity contribution in [2.75, 3.05) is 26.2 Å². The number of fused-ring (bicyclic) bond motifs is 1. The smallest absolute Gasteiger partial charge is 0.320 e. The van der Waals surface area contributed by atoms with Crippen LogP contribution in [-0.2, 0) is 17.6 Å². The van der Waals surface area contributed by atoms with Crippen LogP contribution >= 0.6 is 0 Å². The van der Waals surface area contributed by atoms with Crippen LogP contribution in [0.2, 0.25) is 0 Å². The van der Waals surface area contributed by atoms with E-state index in [1.54, 1.807) is 0 Å². The maximum Gasteiger partial charge on any atom is 0.320 e. The summed E-state index contributed by atoms with van der Waals surface area (Å²) in [5.74, 6) is -0.663. The van der Waals surface area contributed by atoms with Crippen LogP contribution in [0.4, 0.5) is 0 Å². The Balaban J connectivity index is 1.42. The number of hydrogen-bond donors (Lipinski definition) is 2. The van der Waals surface area contributed by atoms with Crippen LogP contribution in [0, 0.1) is 5.41 Å². The lowest BCUT2D eigenvalue weighted by Gasteiger charge is -2.39. The molecule has 0 saturated carbocycles. The van der Waals surface area contributed by atoms with Gasteiger partial charge in [0.1, 0.15) is 6.04 Å². The van der Waals surface area contributed by atoms with E-state index >= 15 is 0 Å². The largest absolute Gasteiger partial charge is 0.480 e. The first-order valence-corrected chi connectivity index (χ1v) is 10.4. The van der Waals surface area contributed by atoms with E-state index in [1.807, 2.05) is 4.90 Å². The molecular formula is C20H30N4O3. The molecule has 3 aliphatic rings. The number of aromatic nitrogens is 2. The minimum atomic E-state index is -0.706. The molecule has 7 nitrogen and oxygen atoms in total. The maximum atomic E-state index is 13.0. The van der Waals surface area contributed by atoms with Crippen LogP contribution in [0.5, 0.6) is 0 Å². The fraction of sp³-hybridized carbons (Fsp3) is 0.750. The highest BCUT2D eigenvalue weighted by Gasteiger charge is 2.48. The van der Waals surface area contributed by atoms with Gasteiger partial charge in [-0.05, 0) is 63.3 Å². The standard InChI is InChI=1S/C20H30N4O3/c1-2-9-24-13-20(12-16(24)19(26)27)7-10-23(11-8-20)18(25)17-14-5-3-4-6-15(14)21-22-17/h16H,2-13H2,1H3,(H,21,22)(H,26,27). The molecule has 148 valence electrons. The molecule has 1 aromatic rings. The summed E-state index contributed by atoms with van der Waals surface area (Å²) in [4.78, 5) is 28.7. The molecule has 1 unspecified atom stereocenters. The Morgan fingerprint density at radius 2 is 2.00 bits per heavy atom. The molecule has 2 N–H and O–H groups in total. The molecule has 3 heterocycles. The van der Waals surface area contributed by atoms with E-state index in [-0.39, 0.29) is 17.4 Å². The van der Waals surface area contributed by atoms with Gasteiger partial charge >= 0.3 is 5.97 Å². The SMILES string of the molecule is CCCN1CC2(CCN(C(=O)c3n[nH]c4c3CCCC4)CC2)CC1C(=O)O.